The highest BCUT2D eigenvalue weighted by Gasteiger charge is 2.16. The first-order valence-corrected chi connectivity index (χ1v) is 8.23. The second-order valence-electron chi connectivity index (χ2n) is 5.02. The van der Waals surface area contributed by atoms with E-state index >= 15 is 0 Å². The zero-order chi connectivity index (χ0) is 16.0. The SMILES string of the molecule is O=c1c2ccccc2n2c(CCl)nnc2n1-c1ccc(Br)cc1. The number of benzene rings is 2. The van der Waals surface area contributed by atoms with Gasteiger partial charge in [-0.05, 0) is 36.4 Å². The molecule has 0 saturated carbocycles. The van der Waals surface area contributed by atoms with E-state index in [-0.39, 0.29) is 11.4 Å². The van der Waals surface area contributed by atoms with E-state index in [9.17, 15) is 4.79 Å². The van der Waals surface area contributed by atoms with Crippen molar-refractivity contribution in [1.29, 1.82) is 0 Å². The van der Waals surface area contributed by atoms with E-state index in [1.165, 1.54) is 0 Å². The van der Waals surface area contributed by atoms with Gasteiger partial charge in [0.1, 0.15) is 0 Å². The van der Waals surface area contributed by atoms with Gasteiger partial charge in [-0.3, -0.25) is 9.20 Å². The maximum absolute atomic E-state index is 13.0. The first-order chi connectivity index (χ1) is 11.2. The Morgan fingerprint density at radius 3 is 2.52 bits per heavy atom. The molecule has 0 atom stereocenters. The standard InChI is InChI=1S/C16H10BrClN4O/c17-10-5-7-11(8-6-10)21-15(23)12-3-1-2-4-13(12)22-14(9-18)19-20-16(21)22/h1-8H,9H2. The number of nitrogens with zero attached hydrogens (tertiary/aromatic N) is 4. The van der Waals surface area contributed by atoms with Gasteiger partial charge in [-0.25, -0.2) is 4.57 Å². The highest BCUT2D eigenvalue weighted by Crippen LogP contribution is 2.19. The maximum atomic E-state index is 13.0. The fourth-order valence-electron chi connectivity index (χ4n) is 2.67. The predicted octanol–water partition coefficient (Wildman–Crippen LogP) is 3.53. The van der Waals surface area contributed by atoms with Gasteiger partial charge in [0, 0.05) is 4.47 Å². The van der Waals surface area contributed by atoms with E-state index < -0.39 is 0 Å². The van der Waals surface area contributed by atoms with E-state index in [1.807, 2.05) is 46.9 Å². The van der Waals surface area contributed by atoms with Crippen LogP contribution in [0.15, 0.2) is 57.8 Å². The zero-order valence-electron chi connectivity index (χ0n) is 11.8. The molecule has 0 spiro atoms. The Kier molecular flexibility index (Phi) is 3.43. The molecule has 7 heteroatoms. The summed E-state index contributed by atoms with van der Waals surface area (Å²) in [6.45, 7) is 0. The van der Waals surface area contributed by atoms with E-state index in [1.54, 1.807) is 10.6 Å². The average molecular weight is 390 g/mol. The molecule has 114 valence electrons. The second-order valence-corrected chi connectivity index (χ2v) is 6.20. The topological polar surface area (TPSA) is 52.2 Å². The molecule has 0 aliphatic carbocycles. The number of rotatable bonds is 2. The Balaban J connectivity index is 2.22. The quantitative estimate of drug-likeness (QED) is 0.493. The van der Waals surface area contributed by atoms with Gasteiger partial charge in [0.15, 0.2) is 5.82 Å². The molecular weight excluding hydrogens is 380 g/mol. The van der Waals surface area contributed by atoms with Crippen LogP contribution in [0.2, 0.25) is 0 Å². The highest BCUT2D eigenvalue weighted by molar-refractivity contribution is 9.10. The van der Waals surface area contributed by atoms with Gasteiger partial charge in [-0.2, -0.15) is 0 Å². The van der Waals surface area contributed by atoms with Gasteiger partial charge in [0.05, 0.1) is 22.5 Å². The number of hydrogen-bond acceptors (Lipinski definition) is 3. The monoisotopic (exact) mass is 388 g/mol. The molecule has 2 heterocycles. The van der Waals surface area contributed by atoms with Crippen molar-refractivity contribution in [2.24, 2.45) is 0 Å². The summed E-state index contributed by atoms with van der Waals surface area (Å²) in [6.07, 6.45) is 0. The van der Waals surface area contributed by atoms with Crippen LogP contribution in [0.4, 0.5) is 0 Å². The zero-order valence-corrected chi connectivity index (χ0v) is 14.1. The summed E-state index contributed by atoms with van der Waals surface area (Å²) >= 11 is 9.39. The molecule has 2 aromatic heterocycles. The van der Waals surface area contributed by atoms with Crippen LogP contribution in [-0.4, -0.2) is 19.2 Å². The molecule has 0 N–H and O–H groups in total. The third kappa shape index (κ3) is 2.17. The number of para-hydroxylation sites is 1. The molecule has 0 bridgehead atoms. The average Bonchev–Trinajstić information content (AvgIpc) is 3.00. The van der Waals surface area contributed by atoms with Crippen molar-refractivity contribution in [3.05, 3.63) is 69.2 Å². The van der Waals surface area contributed by atoms with Crippen LogP contribution >= 0.6 is 27.5 Å². The van der Waals surface area contributed by atoms with Crippen molar-refractivity contribution in [3.8, 4) is 5.69 Å². The minimum atomic E-state index is -0.135. The Morgan fingerprint density at radius 1 is 1.04 bits per heavy atom. The summed E-state index contributed by atoms with van der Waals surface area (Å²) in [5, 5.41) is 8.89. The lowest BCUT2D eigenvalue weighted by molar-refractivity contribution is 0.963. The molecule has 4 rings (SSSR count). The summed E-state index contributed by atoms with van der Waals surface area (Å²) in [7, 11) is 0. The van der Waals surface area contributed by atoms with Crippen molar-refractivity contribution >= 4 is 44.2 Å². The summed E-state index contributed by atoms with van der Waals surface area (Å²) in [4.78, 5) is 13.0. The van der Waals surface area contributed by atoms with E-state index in [2.05, 4.69) is 26.1 Å². The van der Waals surface area contributed by atoms with E-state index in [0.717, 1.165) is 15.7 Å². The Morgan fingerprint density at radius 2 is 1.78 bits per heavy atom. The molecule has 0 radical (unpaired) electrons. The molecule has 0 amide bonds. The lowest BCUT2D eigenvalue weighted by atomic mass is 10.2. The first kappa shape index (κ1) is 14.4. The summed E-state index contributed by atoms with van der Waals surface area (Å²) < 4.78 is 4.32. The van der Waals surface area contributed by atoms with Crippen molar-refractivity contribution in [2.45, 2.75) is 5.88 Å². The molecule has 0 saturated heterocycles. The van der Waals surface area contributed by atoms with Crippen LogP contribution in [0.5, 0.6) is 0 Å². The molecular formula is C16H10BrClN4O. The molecule has 23 heavy (non-hydrogen) atoms. The third-order valence-corrected chi connectivity index (χ3v) is 4.46. The number of halogens is 2. The van der Waals surface area contributed by atoms with Gasteiger partial charge < -0.3 is 0 Å². The Bertz CT molecular complexity index is 1090. The largest absolute Gasteiger partial charge is 0.268 e. The van der Waals surface area contributed by atoms with Crippen LogP contribution < -0.4 is 5.56 Å². The number of hydrogen-bond donors (Lipinski definition) is 0. The predicted molar refractivity (Wildman–Crippen MR) is 93.3 cm³/mol. The van der Waals surface area contributed by atoms with Gasteiger partial charge in [0.2, 0.25) is 5.78 Å². The van der Waals surface area contributed by atoms with Gasteiger partial charge >= 0.3 is 0 Å². The molecule has 5 nitrogen and oxygen atoms in total. The molecule has 0 aliphatic rings. The fraction of sp³-hybridized carbons (Fsp3) is 0.0625. The second kappa shape index (κ2) is 5.47. The van der Waals surface area contributed by atoms with Crippen molar-refractivity contribution in [1.82, 2.24) is 19.2 Å². The number of aromatic nitrogens is 4. The minimum Gasteiger partial charge on any atom is -0.268 e. The maximum Gasteiger partial charge on any atom is 0.267 e. The summed E-state index contributed by atoms with van der Waals surface area (Å²) in [5.74, 6) is 1.26. The van der Waals surface area contributed by atoms with Crippen molar-refractivity contribution < 1.29 is 0 Å². The Labute approximate surface area is 144 Å². The number of fused-ring (bicyclic) bond motifs is 3. The van der Waals surface area contributed by atoms with E-state index in [4.69, 9.17) is 11.6 Å². The van der Waals surface area contributed by atoms with Crippen LogP contribution in [0.3, 0.4) is 0 Å². The summed E-state index contributed by atoms with van der Waals surface area (Å²) in [5.41, 5.74) is 1.34. The van der Waals surface area contributed by atoms with Gasteiger partial charge in [0.25, 0.3) is 5.56 Å². The smallest absolute Gasteiger partial charge is 0.267 e. The highest BCUT2D eigenvalue weighted by atomic mass is 79.9. The van der Waals surface area contributed by atoms with Gasteiger partial charge in [-0.1, -0.05) is 28.1 Å². The third-order valence-electron chi connectivity index (χ3n) is 3.70. The molecule has 0 aliphatic heterocycles. The van der Waals surface area contributed by atoms with Crippen molar-refractivity contribution in [2.75, 3.05) is 0 Å². The van der Waals surface area contributed by atoms with E-state index in [0.29, 0.717) is 17.0 Å². The first-order valence-electron chi connectivity index (χ1n) is 6.90. The fourth-order valence-corrected chi connectivity index (χ4v) is 3.11. The Hall–Kier alpha value is -2.18. The van der Waals surface area contributed by atoms with Crippen LogP contribution in [-0.2, 0) is 5.88 Å². The normalized spacial score (nSPS) is 11.4. The molecule has 4 aromatic rings. The van der Waals surface area contributed by atoms with Gasteiger partial charge in [-0.15, -0.1) is 21.8 Å². The molecule has 0 unspecified atom stereocenters. The lowest BCUT2D eigenvalue weighted by Crippen LogP contribution is -2.22. The van der Waals surface area contributed by atoms with Crippen molar-refractivity contribution in [3.63, 3.8) is 0 Å². The molecule has 2 aromatic carbocycles. The number of alkyl halides is 1. The molecule has 0 fully saturated rings. The van der Waals surface area contributed by atoms with Crippen LogP contribution in [0.1, 0.15) is 5.82 Å². The minimum absolute atomic E-state index is 0.135. The lowest BCUT2D eigenvalue weighted by Gasteiger charge is -2.11. The van der Waals surface area contributed by atoms with Crippen LogP contribution in [0.25, 0.3) is 22.4 Å². The summed E-state index contributed by atoms with van der Waals surface area (Å²) in [6, 6.07) is 14.9. The van der Waals surface area contributed by atoms with Crippen LogP contribution in [0, 0.1) is 0 Å².